The molecular formula is C17H33N3O3. The highest BCUT2D eigenvalue weighted by Gasteiger charge is 2.31. The van der Waals surface area contributed by atoms with Gasteiger partial charge in [-0.05, 0) is 12.3 Å². The third kappa shape index (κ3) is 5.14. The number of aliphatic hydroxyl groups excluding tert-OH is 1. The number of β-amino-alcohol motifs (C(OH)–C–C–N with tert-alkyl or cyclic N) is 1. The molecule has 0 aromatic heterocycles. The molecule has 134 valence electrons. The zero-order chi connectivity index (χ0) is 17.0. The molecule has 0 spiro atoms. The van der Waals surface area contributed by atoms with Crippen LogP contribution in [0.15, 0.2) is 0 Å². The van der Waals surface area contributed by atoms with Gasteiger partial charge in [-0.2, -0.15) is 0 Å². The summed E-state index contributed by atoms with van der Waals surface area (Å²) in [5.74, 6) is 0.225. The SMILES string of the molecule is CC(C(=O)N1CCN(CC(O)C(C)(C)C)CC1)N1CCOCC1. The zero-order valence-corrected chi connectivity index (χ0v) is 15.1. The molecular weight excluding hydrogens is 294 g/mol. The predicted molar refractivity (Wildman–Crippen MR) is 90.3 cm³/mol. The van der Waals surface area contributed by atoms with Crippen LogP contribution in [0.1, 0.15) is 27.7 Å². The monoisotopic (exact) mass is 327 g/mol. The molecule has 0 saturated carbocycles. The predicted octanol–water partition coefficient (Wildman–Crippen LogP) is 0.258. The normalized spacial score (nSPS) is 24.5. The average Bonchev–Trinajstić information content (AvgIpc) is 2.54. The Morgan fingerprint density at radius 3 is 2.17 bits per heavy atom. The van der Waals surface area contributed by atoms with Crippen molar-refractivity contribution in [2.24, 2.45) is 5.41 Å². The summed E-state index contributed by atoms with van der Waals surface area (Å²) in [7, 11) is 0. The molecule has 0 bridgehead atoms. The smallest absolute Gasteiger partial charge is 0.239 e. The van der Waals surface area contributed by atoms with Crippen LogP contribution >= 0.6 is 0 Å². The lowest BCUT2D eigenvalue weighted by Gasteiger charge is -2.40. The summed E-state index contributed by atoms with van der Waals surface area (Å²) in [6, 6.07) is -0.0642. The summed E-state index contributed by atoms with van der Waals surface area (Å²) in [4.78, 5) is 19.1. The molecule has 0 radical (unpaired) electrons. The van der Waals surface area contributed by atoms with Crippen molar-refractivity contribution in [2.45, 2.75) is 39.8 Å². The number of piperazine rings is 1. The Bertz CT molecular complexity index is 383. The number of carbonyl (C=O) groups is 1. The van der Waals surface area contributed by atoms with Crippen LogP contribution in [-0.2, 0) is 9.53 Å². The van der Waals surface area contributed by atoms with Crippen LogP contribution in [0.4, 0.5) is 0 Å². The summed E-state index contributed by atoms with van der Waals surface area (Å²) in [5, 5.41) is 10.2. The van der Waals surface area contributed by atoms with E-state index in [0.717, 1.165) is 52.5 Å². The standard InChI is InChI=1S/C17H33N3O3/c1-14(19-9-11-23-12-10-19)16(22)20-7-5-18(6-8-20)13-15(21)17(2,3)4/h14-15,21H,5-13H2,1-4H3. The molecule has 6 nitrogen and oxygen atoms in total. The van der Waals surface area contributed by atoms with E-state index in [4.69, 9.17) is 4.74 Å². The molecule has 1 N–H and O–H groups in total. The highest BCUT2D eigenvalue weighted by atomic mass is 16.5. The highest BCUT2D eigenvalue weighted by Crippen LogP contribution is 2.20. The van der Waals surface area contributed by atoms with Gasteiger partial charge in [-0.25, -0.2) is 0 Å². The molecule has 23 heavy (non-hydrogen) atoms. The largest absolute Gasteiger partial charge is 0.391 e. The number of carbonyl (C=O) groups excluding carboxylic acids is 1. The van der Waals surface area contributed by atoms with Crippen molar-refractivity contribution in [1.82, 2.24) is 14.7 Å². The molecule has 2 atom stereocenters. The van der Waals surface area contributed by atoms with Crippen molar-refractivity contribution in [3.05, 3.63) is 0 Å². The fourth-order valence-electron chi connectivity index (χ4n) is 3.05. The van der Waals surface area contributed by atoms with E-state index >= 15 is 0 Å². The van der Waals surface area contributed by atoms with Gasteiger partial charge in [0.25, 0.3) is 0 Å². The number of rotatable bonds is 4. The second kappa shape index (κ2) is 7.92. The molecule has 0 aromatic rings. The minimum absolute atomic E-state index is 0.0642. The van der Waals surface area contributed by atoms with Crippen molar-refractivity contribution in [3.63, 3.8) is 0 Å². The maximum Gasteiger partial charge on any atom is 0.239 e. The first-order valence-electron chi connectivity index (χ1n) is 8.80. The van der Waals surface area contributed by atoms with Crippen molar-refractivity contribution in [2.75, 3.05) is 59.0 Å². The van der Waals surface area contributed by atoms with E-state index in [-0.39, 0.29) is 23.5 Å². The number of amides is 1. The molecule has 2 aliphatic rings. The first-order chi connectivity index (χ1) is 10.8. The minimum Gasteiger partial charge on any atom is -0.391 e. The molecule has 6 heteroatoms. The summed E-state index contributed by atoms with van der Waals surface area (Å²) >= 11 is 0. The average molecular weight is 327 g/mol. The fourth-order valence-corrected chi connectivity index (χ4v) is 3.05. The number of aliphatic hydroxyl groups is 1. The van der Waals surface area contributed by atoms with Gasteiger partial charge in [-0.15, -0.1) is 0 Å². The third-order valence-electron chi connectivity index (χ3n) is 5.07. The lowest BCUT2D eigenvalue weighted by molar-refractivity contribution is -0.140. The van der Waals surface area contributed by atoms with Gasteiger partial charge in [-0.1, -0.05) is 20.8 Å². The summed E-state index contributed by atoms with van der Waals surface area (Å²) in [6.07, 6.45) is -0.336. The Balaban J connectivity index is 1.78. The van der Waals surface area contributed by atoms with Crippen LogP contribution in [0.3, 0.4) is 0 Å². The van der Waals surface area contributed by atoms with E-state index in [1.807, 2.05) is 11.8 Å². The molecule has 1 amide bonds. The summed E-state index contributed by atoms with van der Waals surface area (Å²) < 4.78 is 5.36. The van der Waals surface area contributed by atoms with E-state index in [9.17, 15) is 9.90 Å². The van der Waals surface area contributed by atoms with Gasteiger partial charge in [0, 0.05) is 45.8 Å². The number of hydrogen-bond donors (Lipinski definition) is 1. The lowest BCUT2D eigenvalue weighted by atomic mass is 9.89. The van der Waals surface area contributed by atoms with Crippen molar-refractivity contribution in [1.29, 1.82) is 0 Å². The highest BCUT2D eigenvalue weighted by molar-refractivity contribution is 5.81. The van der Waals surface area contributed by atoms with Gasteiger partial charge in [-0.3, -0.25) is 14.6 Å². The Morgan fingerprint density at radius 1 is 1.09 bits per heavy atom. The van der Waals surface area contributed by atoms with Crippen LogP contribution < -0.4 is 0 Å². The fraction of sp³-hybridized carbons (Fsp3) is 0.941. The molecule has 2 aliphatic heterocycles. The molecule has 2 unspecified atom stereocenters. The third-order valence-corrected chi connectivity index (χ3v) is 5.07. The molecule has 2 rings (SSSR count). The first kappa shape index (κ1) is 18.6. The molecule has 2 fully saturated rings. The van der Waals surface area contributed by atoms with Gasteiger partial charge in [0.1, 0.15) is 0 Å². The molecule has 2 heterocycles. The van der Waals surface area contributed by atoms with Crippen LogP contribution in [0, 0.1) is 5.41 Å². The Kier molecular flexibility index (Phi) is 6.42. The maximum atomic E-state index is 12.7. The second-order valence-corrected chi connectivity index (χ2v) is 7.83. The number of nitrogens with zero attached hydrogens (tertiary/aromatic N) is 3. The van der Waals surface area contributed by atoms with Gasteiger partial charge in [0.2, 0.25) is 5.91 Å². The van der Waals surface area contributed by atoms with E-state index in [0.29, 0.717) is 6.54 Å². The lowest BCUT2D eigenvalue weighted by Crippen LogP contribution is -2.56. The van der Waals surface area contributed by atoms with E-state index < -0.39 is 0 Å². The van der Waals surface area contributed by atoms with Crippen LogP contribution in [0.2, 0.25) is 0 Å². The number of hydrogen-bond acceptors (Lipinski definition) is 5. The van der Waals surface area contributed by atoms with Crippen LogP contribution in [0.25, 0.3) is 0 Å². The topological polar surface area (TPSA) is 56.2 Å². The van der Waals surface area contributed by atoms with Crippen molar-refractivity contribution in [3.8, 4) is 0 Å². The minimum atomic E-state index is -0.336. The Labute approximate surface area is 140 Å². The van der Waals surface area contributed by atoms with Gasteiger partial charge < -0.3 is 14.7 Å². The Hall–Kier alpha value is -0.690. The molecule has 0 aliphatic carbocycles. The van der Waals surface area contributed by atoms with Crippen molar-refractivity contribution < 1.29 is 14.6 Å². The first-order valence-corrected chi connectivity index (χ1v) is 8.80. The maximum absolute atomic E-state index is 12.7. The quantitative estimate of drug-likeness (QED) is 0.803. The molecule has 2 saturated heterocycles. The second-order valence-electron chi connectivity index (χ2n) is 7.83. The molecule has 0 aromatic carbocycles. The summed E-state index contributed by atoms with van der Waals surface area (Å²) in [6.45, 7) is 15.2. The zero-order valence-electron chi connectivity index (χ0n) is 15.1. The van der Waals surface area contributed by atoms with E-state index in [2.05, 4.69) is 30.6 Å². The van der Waals surface area contributed by atoms with Crippen LogP contribution in [-0.4, -0.2) is 96.9 Å². The van der Waals surface area contributed by atoms with E-state index in [1.165, 1.54) is 0 Å². The Morgan fingerprint density at radius 2 is 1.65 bits per heavy atom. The van der Waals surface area contributed by atoms with Crippen LogP contribution in [0.5, 0.6) is 0 Å². The van der Waals surface area contributed by atoms with Crippen molar-refractivity contribution >= 4 is 5.91 Å². The van der Waals surface area contributed by atoms with Gasteiger partial charge >= 0.3 is 0 Å². The number of ether oxygens (including phenoxy) is 1. The van der Waals surface area contributed by atoms with Gasteiger partial charge in [0.15, 0.2) is 0 Å². The number of morpholine rings is 1. The summed E-state index contributed by atoms with van der Waals surface area (Å²) in [5.41, 5.74) is -0.0994. The van der Waals surface area contributed by atoms with E-state index in [1.54, 1.807) is 0 Å². The van der Waals surface area contributed by atoms with Gasteiger partial charge in [0.05, 0.1) is 25.4 Å².